The van der Waals surface area contributed by atoms with Gasteiger partial charge in [-0.1, -0.05) is 36.4 Å². The lowest BCUT2D eigenvalue weighted by Gasteiger charge is -2.23. The number of rotatable bonds is 4. The van der Waals surface area contributed by atoms with Crippen LogP contribution in [0.1, 0.15) is 35.6 Å². The molecular weight excluding hydrogens is 398 g/mol. The molecule has 0 saturated heterocycles. The Kier molecular flexibility index (Phi) is 4.67. The van der Waals surface area contributed by atoms with Crippen molar-refractivity contribution in [2.24, 2.45) is 0 Å². The first-order valence-electron chi connectivity index (χ1n) is 11.3. The van der Waals surface area contributed by atoms with Crippen LogP contribution in [-0.4, -0.2) is 28.5 Å². The monoisotopic (exact) mass is 423 g/mol. The SMILES string of the molecule is O=C(NCC1Cc2cccc(-c3ccncc3)c2O1)C1CCCc2c1[nH]c1ccccc21. The summed E-state index contributed by atoms with van der Waals surface area (Å²) in [4.78, 5) is 20.8. The molecule has 0 spiro atoms. The first kappa shape index (κ1) is 19.1. The van der Waals surface area contributed by atoms with E-state index in [4.69, 9.17) is 4.74 Å². The molecule has 0 fully saturated rings. The summed E-state index contributed by atoms with van der Waals surface area (Å²) >= 11 is 0. The van der Waals surface area contributed by atoms with Gasteiger partial charge in [-0.2, -0.15) is 0 Å². The molecule has 0 radical (unpaired) electrons. The summed E-state index contributed by atoms with van der Waals surface area (Å²) in [6.07, 6.45) is 7.28. The Morgan fingerprint density at radius 1 is 1.09 bits per heavy atom. The van der Waals surface area contributed by atoms with Gasteiger partial charge in [0.1, 0.15) is 11.9 Å². The number of amides is 1. The van der Waals surface area contributed by atoms with Crippen molar-refractivity contribution in [2.45, 2.75) is 37.7 Å². The average molecular weight is 424 g/mol. The maximum absolute atomic E-state index is 13.2. The summed E-state index contributed by atoms with van der Waals surface area (Å²) in [5, 5.41) is 4.43. The number of ether oxygens (including phenoxy) is 1. The molecule has 5 nitrogen and oxygen atoms in total. The summed E-state index contributed by atoms with van der Waals surface area (Å²) < 4.78 is 6.30. The second-order valence-corrected chi connectivity index (χ2v) is 8.73. The molecule has 2 N–H and O–H groups in total. The number of aromatic amines is 1. The third kappa shape index (κ3) is 3.25. The number of benzene rings is 2. The van der Waals surface area contributed by atoms with Crippen molar-refractivity contribution in [2.75, 3.05) is 6.54 Å². The van der Waals surface area contributed by atoms with Crippen molar-refractivity contribution < 1.29 is 9.53 Å². The van der Waals surface area contributed by atoms with Crippen LogP contribution in [0.2, 0.25) is 0 Å². The predicted octanol–water partition coefficient (Wildman–Crippen LogP) is 4.77. The van der Waals surface area contributed by atoms with Crippen LogP contribution in [0.25, 0.3) is 22.0 Å². The van der Waals surface area contributed by atoms with Crippen molar-refractivity contribution >= 4 is 16.8 Å². The standard InChI is InChI=1S/C27H25N3O2/c31-27(23-9-4-8-22-21-6-1-2-10-24(21)30-25(22)23)29-16-19-15-18-5-3-7-20(26(18)32-19)17-11-13-28-14-12-17/h1-3,5-7,10-14,19,23,30H,4,8-9,15-16H2,(H,29,31). The maximum atomic E-state index is 13.2. The molecule has 1 amide bonds. The summed E-state index contributed by atoms with van der Waals surface area (Å²) in [5.41, 5.74) is 6.87. The quantitative estimate of drug-likeness (QED) is 0.497. The lowest BCUT2D eigenvalue weighted by molar-refractivity contribution is -0.123. The molecule has 1 aliphatic carbocycles. The van der Waals surface area contributed by atoms with E-state index in [1.54, 1.807) is 12.4 Å². The average Bonchev–Trinajstić information content (AvgIpc) is 3.44. The fourth-order valence-corrected chi connectivity index (χ4v) is 5.23. The molecule has 0 bridgehead atoms. The van der Waals surface area contributed by atoms with E-state index < -0.39 is 0 Å². The van der Waals surface area contributed by atoms with Crippen LogP contribution in [0.4, 0.5) is 0 Å². The molecule has 4 aromatic rings. The van der Waals surface area contributed by atoms with Gasteiger partial charge in [-0.25, -0.2) is 0 Å². The Hall–Kier alpha value is -3.60. The zero-order chi connectivity index (χ0) is 21.5. The number of aromatic nitrogens is 2. The van der Waals surface area contributed by atoms with Crippen molar-refractivity contribution in [1.29, 1.82) is 0 Å². The number of H-pyrrole nitrogens is 1. The summed E-state index contributed by atoms with van der Waals surface area (Å²) in [5.74, 6) is 0.891. The zero-order valence-electron chi connectivity index (χ0n) is 17.8. The second-order valence-electron chi connectivity index (χ2n) is 8.73. The van der Waals surface area contributed by atoms with Crippen molar-refractivity contribution in [3.05, 3.63) is 83.8 Å². The molecule has 160 valence electrons. The van der Waals surface area contributed by atoms with Crippen LogP contribution in [0.15, 0.2) is 67.0 Å². The van der Waals surface area contributed by atoms with Gasteiger partial charge in [-0.05, 0) is 54.2 Å². The molecule has 2 aromatic carbocycles. The van der Waals surface area contributed by atoms with E-state index in [1.165, 1.54) is 16.5 Å². The molecule has 1 aliphatic heterocycles. The van der Waals surface area contributed by atoms with Gasteiger partial charge in [0.25, 0.3) is 0 Å². The Balaban J connectivity index is 1.17. The first-order valence-corrected chi connectivity index (χ1v) is 11.3. The Labute approximate surface area is 186 Å². The molecule has 5 heteroatoms. The van der Waals surface area contributed by atoms with Crippen LogP contribution in [0.5, 0.6) is 5.75 Å². The fourth-order valence-electron chi connectivity index (χ4n) is 5.23. The molecule has 2 aliphatic rings. The van der Waals surface area contributed by atoms with Crippen molar-refractivity contribution in [3.63, 3.8) is 0 Å². The molecule has 32 heavy (non-hydrogen) atoms. The minimum absolute atomic E-state index is 0.0530. The van der Waals surface area contributed by atoms with Gasteiger partial charge in [0.2, 0.25) is 5.91 Å². The van der Waals surface area contributed by atoms with E-state index in [2.05, 4.69) is 51.7 Å². The highest BCUT2D eigenvalue weighted by Crippen LogP contribution is 2.39. The van der Waals surface area contributed by atoms with Gasteiger partial charge < -0.3 is 15.0 Å². The van der Waals surface area contributed by atoms with E-state index in [0.29, 0.717) is 6.54 Å². The lowest BCUT2D eigenvalue weighted by Crippen LogP contribution is -2.38. The number of carbonyl (C=O) groups excluding carboxylic acids is 1. The number of carbonyl (C=O) groups is 1. The number of hydrogen-bond acceptors (Lipinski definition) is 3. The molecule has 2 aromatic heterocycles. The predicted molar refractivity (Wildman–Crippen MR) is 125 cm³/mol. The smallest absolute Gasteiger partial charge is 0.229 e. The molecule has 2 unspecified atom stereocenters. The van der Waals surface area contributed by atoms with E-state index >= 15 is 0 Å². The van der Waals surface area contributed by atoms with Crippen LogP contribution in [0, 0.1) is 0 Å². The Bertz CT molecular complexity index is 1300. The molecule has 3 heterocycles. The number of fused-ring (bicyclic) bond motifs is 4. The maximum Gasteiger partial charge on any atom is 0.229 e. The van der Waals surface area contributed by atoms with Crippen LogP contribution < -0.4 is 10.1 Å². The van der Waals surface area contributed by atoms with Crippen LogP contribution >= 0.6 is 0 Å². The largest absolute Gasteiger partial charge is 0.487 e. The van der Waals surface area contributed by atoms with E-state index in [1.807, 2.05) is 18.2 Å². The number of pyridine rings is 1. The lowest BCUT2D eigenvalue weighted by atomic mass is 9.86. The Morgan fingerprint density at radius 3 is 2.88 bits per heavy atom. The highest BCUT2D eigenvalue weighted by Gasteiger charge is 2.31. The van der Waals surface area contributed by atoms with E-state index in [9.17, 15) is 4.79 Å². The third-order valence-electron chi connectivity index (χ3n) is 6.76. The normalized spacial score (nSPS) is 19.2. The highest BCUT2D eigenvalue weighted by atomic mass is 16.5. The molecule has 2 atom stereocenters. The summed E-state index contributed by atoms with van der Waals surface area (Å²) in [7, 11) is 0. The summed E-state index contributed by atoms with van der Waals surface area (Å²) in [6, 6.07) is 18.6. The summed E-state index contributed by atoms with van der Waals surface area (Å²) in [6.45, 7) is 0.509. The van der Waals surface area contributed by atoms with Gasteiger partial charge in [0.05, 0.1) is 12.5 Å². The minimum atomic E-state index is -0.123. The number of para-hydroxylation sites is 2. The second kappa shape index (κ2) is 7.83. The molecule has 0 saturated carbocycles. The Morgan fingerprint density at radius 2 is 1.97 bits per heavy atom. The highest BCUT2D eigenvalue weighted by molar-refractivity contribution is 5.90. The topological polar surface area (TPSA) is 67.0 Å². The van der Waals surface area contributed by atoms with E-state index in [0.717, 1.165) is 53.8 Å². The van der Waals surface area contributed by atoms with Gasteiger partial charge in [-0.15, -0.1) is 0 Å². The third-order valence-corrected chi connectivity index (χ3v) is 6.76. The van der Waals surface area contributed by atoms with Gasteiger partial charge >= 0.3 is 0 Å². The fraction of sp³-hybridized carbons (Fsp3) is 0.259. The number of aryl methyl sites for hydroxylation is 1. The molecular formula is C27H25N3O2. The van der Waals surface area contributed by atoms with Gasteiger partial charge in [-0.3, -0.25) is 9.78 Å². The van der Waals surface area contributed by atoms with E-state index in [-0.39, 0.29) is 17.9 Å². The minimum Gasteiger partial charge on any atom is -0.487 e. The van der Waals surface area contributed by atoms with Crippen molar-refractivity contribution in [3.8, 4) is 16.9 Å². The van der Waals surface area contributed by atoms with Crippen LogP contribution in [-0.2, 0) is 17.6 Å². The van der Waals surface area contributed by atoms with Crippen LogP contribution in [0.3, 0.4) is 0 Å². The van der Waals surface area contributed by atoms with Gasteiger partial charge in [0, 0.05) is 41.0 Å². The molecule has 6 rings (SSSR count). The number of nitrogens with one attached hydrogen (secondary N) is 2. The first-order chi connectivity index (χ1) is 15.8. The number of hydrogen-bond donors (Lipinski definition) is 2. The zero-order valence-corrected chi connectivity index (χ0v) is 17.8. The van der Waals surface area contributed by atoms with Crippen molar-refractivity contribution in [1.82, 2.24) is 15.3 Å². The van der Waals surface area contributed by atoms with Gasteiger partial charge in [0.15, 0.2) is 0 Å². The number of nitrogens with zero attached hydrogens (tertiary/aromatic N) is 1.